The molecule has 0 atom stereocenters. The molecule has 28 heavy (non-hydrogen) atoms. The van der Waals surface area contributed by atoms with Crippen LogP contribution in [0.25, 0.3) is 17.5 Å². The highest BCUT2D eigenvalue weighted by Gasteiger charge is 2.21. The lowest BCUT2D eigenvalue weighted by molar-refractivity contribution is -0.127. The largest absolute Gasteiger partial charge is 0.338 e. The van der Waals surface area contributed by atoms with Gasteiger partial charge in [0.25, 0.3) is 0 Å². The number of aromatic nitrogens is 2. The zero-order chi connectivity index (χ0) is 19.3. The van der Waals surface area contributed by atoms with Crippen molar-refractivity contribution in [3.8, 4) is 11.4 Å². The van der Waals surface area contributed by atoms with Gasteiger partial charge in [0.15, 0.2) is 0 Å². The van der Waals surface area contributed by atoms with Gasteiger partial charge in [-0.1, -0.05) is 33.2 Å². The Balaban J connectivity index is 1.27. The number of carbonyl (C=O) groups is 1. The Bertz CT molecular complexity index is 945. The summed E-state index contributed by atoms with van der Waals surface area (Å²) in [5.41, 5.74) is 1.99. The van der Waals surface area contributed by atoms with Gasteiger partial charge in [-0.2, -0.15) is 16.3 Å². The quantitative estimate of drug-likeness (QED) is 0.542. The third kappa shape index (κ3) is 4.76. The number of thiophene rings is 1. The average molecular weight is 459 g/mol. The summed E-state index contributed by atoms with van der Waals surface area (Å²) in [4.78, 5) is 21.0. The van der Waals surface area contributed by atoms with E-state index in [1.807, 2.05) is 52.1 Å². The first-order valence-corrected chi connectivity index (χ1v) is 10.7. The molecule has 4 rings (SSSR count). The maximum absolute atomic E-state index is 12.4. The summed E-state index contributed by atoms with van der Waals surface area (Å²) in [5.74, 6) is 1.28. The minimum absolute atomic E-state index is 0.0418. The molecular formula is C20H19BrN4O2S. The van der Waals surface area contributed by atoms with Crippen LogP contribution in [-0.4, -0.2) is 52.0 Å². The number of hydrogen-bond donors (Lipinski definition) is 0. The topological polar surface area (TPSA) is 62.5 Å². The SMILES string of the molecule is O=C(C=Cc1ccc(Br)cc1)N1CCN(Cc2nc(-c3ccsc3)no2)CC1. The van der Waals surface area contributed by atoms with Gasteiger partial charge in [-0.05, 0) is 35.2 Å². The molecule has 1 saturated heterocycles. The second kappa shape index (κ2) is 8.81. The zero-order valence-corrected chi connectivity index (χ0v) is 17.5. The van der Waals surface area contributed by atoms with Gasteiger partial charge in [-0.15, -0.1) is 0 Å². The molecule has 3 heterocycles. The van der Waals surface area contributed by atoms with Crippen LogP contribution in [0.5, 0.6) is 0 Å². The Labute approximate surface area is 175 Å². The van der Waals surface area contributed by atoms with Crippen molar-refractivity contribution in [1.29, 1.82) is 0 Å². The lowest BCUT2D eigenvalue weighted by Crippen LogP contribution is -2.47. The molecule has 0 N–H and O–H groups in total. The van der Waals surface area contributed by atoms with Gasteiger partial charge in [-0.3, -0.25) is 9.69 Å². The van der Waals surface area contributed by atoms with Crippen LogP contribution in [0.3, 0.4) is 0 Å². The van der Waals surface area contributed by atoms with E-state index >= 15 is 0 Å². The minimum Gasteiger partial charge on any atom is -0.338 e. The molecule has 1 fully saturated rings. The number of carbonyl (C=O) groups excluding carboxylic acids is 1. The lowest BCUT2D eigenvalue weighted by atomic mass is 10.2. The Morgan fingerprint density at radius 3 is 2.68 bits per heavy atom. The first-order valence-electron chi connectivity index (χ1n) is 8.97. The summed E-state index contributed by atoms with van der Waals surface area (Å²) in [5, 5.41) is 8.04. The third-order valence-corrected chi connectivity index (χ3v) is 5.79. The van der Waals surface area contributed by atoms with Crippen molar-refractivity contribution in [2.45, 2.75) is 6.54 Å². The molecule has 0 unspecified atom stereocenters. The number of halogens is 1. The molecule has 0 radical (unpaired) electrons. The molecule has 0 saturated carbocycles. The van der Waals surface area contributed by atoms with Crippen molar-refractivity contribution in [2.75, 3.05) is 26.2 Å². The fourth-order valence-corrected chi connectivity index (χ4v) is 3.89. The van der Waals surface area contributed by atoms with Gasteiger partial charge < -0.3 is 9.42 Å². The van der Waals surface area contributed by atoms with E-state index in [2.05, 4.69) is 31.0 Å². The van der Waals surface area contributed by atoms with Gasteiger partial charge in [0, 0.05) is 47.7 Å². The second-order valence-electron chi connectivity index (χ2n) is 6.51. The Morgan fingerprint density at radius 2 is 1.96 bits per heavy atom. The van der Waals surface area contributed by atoms with Gasteiger partial charge >= 0.3 is 0 Å². The summed E-state index contributed by atoms with van der Waals surface area (Å²) in [6.45, 7) is 3.56. The van der Waals surface area contributed by atoms with Gasteiger partial charge in [0.2, 0.25) is 17.6 Å². The first kappa shape index (κ1) is 19.0. The molecule has 144 valence electrons. The first-order chi connectivity index (χ1) is 13.7. The van der Waals surface area contributed by atoms with Crippen molar-refractivity contribution in [3.63, 3.8) is 0 Å². The highest BCUT2D eigenvalue weighted by Crippen LogP contribution is 2.19. The van der Waals surface area contributed by atoms with Crippen LogP contribution in [0.2, 0.25) is 0 Å². The van der Waals surface area contributed by atoms with Crippen molar-refractivity contribution in [3.05, 3.63) is 63.1 Å². The van der Waals surface area contributed by atoms with Crippen molar-refractivity contribution >= 4 is 39.2 Å². The number of rotatable bonds is 5. The number of amides is 1. The number of piperazine rings is 1. The Hall–Kier alpha value is -2.29. The number of benzene rings is 1. The van der Waals surface area contributed by atoms with Crippen LogP contribution in [0.1, 0.15) is 11.5 Å². The Morgan fingerprint density at radius 1 is 1.18 bits per heavy atom. The highest BCUT2D eigenvalue weighted by molar-refractivity contribution is 9.10. The van der Waals surface area contributed by atoms with E-state index in [1.165, 1.54) is 0 Å². The highest BCUT2D eigenvalue weighted by atomic mass is 79.9. The number of nitrogens with zero attached hydrogens (tertiary/aromatic N) is 4. The molecule has 0 aliphatic carbocycles. The monoisotopic (exact) mass is 458 g/mol. The maximum Gasteiger partial charge on any atom is 0.246 e. The van der Waals surface area contributed by atoms with Crippen LogP contribution >= 0.6 is 27.3 Å². The normalized spacial score (nSPS) is 15.4. The van der Waals surface area contributed by atoms with E-state index in [9.17, 15) is 4.79 Å². The summed E-state index contributed by atoms with van der Waals surface area (Å²) < 4.78 is 6.39. The molecular weight excluding hydrogens is 440 g/mol. The number of hydrogen-bond acceptors (Lipinski definition) is 6. The van der Waals surface area contributed by atoms with Crippen molar-refractivity contribution < 1.29 is 9.32 Å². The molecule has 1 aliphatic heterocycles. The molecule has 8 heteroatoms. The fraction of sp³-hybridized carbons (Fsp3) is 0.250. The van der Waals surface area contributed by atoms with Crippen LogP contribution in [-0.2, 0) is 11.3 Å². The molecule has 3 aromatic rings. The standard InChI is InChI=1S/C20H19BrN4O2S/c21-17-4-1-15(2-5-17)3-6-19(26)25-10-8-24(9-11-25)13-18-22-20(23-27-18)16-7-12-28-14-16/h1-7,12,14H,8-11,13H2. The van der Waals surface area contributed by atoms with E-state index in [1.54, 1.807) is 17.4 Å². The third-order valence-electron chi connectivity index (χ3n) is 4.58. The van der Waals surface area contributed by atoms with E-state index < -0.39 is 0 Å². The minimum atomic E-state index is 0.0418. The van der Waals surface area contributed by atoms with E-state index in [0.29, 0.717) is 31.3 Å². The predicted molar refractivity (Wildman–Crippen MR) is 113 cm³/mol. The van der Waals surface area contributed by atoms with E-state index in [-0.39, 0.29) is 5.91 Å². The summed E-state index contributed by atoms with van der Waals surface area (Å²) in [7, 11) is 0. The zero-order valence-electron chi connectivity index (χ0n) is 15.1. The fourth-order valence-electron chi connectivity index (χ4n) is 2.99. The van der Waals surface area contributed by atoms with E-state index in [0.717, 1.165) is 28.7 Å². The van der Waals surface area contributed by atoms with E-state index in [4.69, 9.17) is 4.52 Å². The smallest absolute Gasteiger partial charge is 0.246 e. The summed E-state index contributed by atoms with van der Waals surface area (Å²) >= 11 is 5.02. The molecule has 1 aromatic carbocycles. The lowest BCUT2D eigenvalue weighted by Gasteiger charge is -2.33. The molecule has 6 nitrogen and oxygen atoms in total. The van der Waals surface area contributed by atoms with Crippen LogP contribution in [0.4, 0.5) is 0 Å². The van der Waals surface area contributed by atoms with Crippen molar-refractivity contribution in [2.24, 2.45) is 0 Å². The maximum atomic E-state index is 12.4. The van der Waals surface area contributed by atoms with Crippen LogP contribution in [0, 0.1) is 0 Å². The predicted octanol–water partition coefficient (Wildman–Crippen LogP) is 3.92. The summed E-state index contributed by atoms with van der Waals surface area (Å²) in [6.07, 6.45) is 3.50. The van der Waals surface area contributed by atoms with Gasteiger partial charge in [0.05, 0.1) is 6.54 Å². The van der Waals surface area contributed by atoms with Gasteiger partial charge in [-0.25, -0.2) is 0 Å². The molecule has 0 bridgehead atoms. The Kier molecular flexibility index (Phi) is 5.99. The summed E-state index contributed by atoms with van der Waals surface area (Å²) in [6, 6.07) is 9.85. The molecule has 2 aromatic heterocycles. The van der Waals surface area contributed by atoms with Gasteiger partial charge in [0.1, 0.15) is 0 Å². The van der Waals surface area contributed by atoms with Crippen molar-refractivity contribution in [1.82, 2.24) is 19.9 Å². The molecule has 1 aliphatic rings. The second-order valence-corrected chi connectivity index (χ2v) is 8.21. The van der Waals surface area contributed by atoms with Crippen LogP contribution in [0.15, 0.2) is 56.2 Å². The molecule has 0 spiro atoms. The average Bonchev–Trinajstić information content (AvgIpc) is 3.40. The van der Waals surface area contributed by atoms with Crippen LogP contribution < -0.4 is 0 Å². The molecule has 1 amide bonds.